The van der Waals surface area contributed by atoms with Crippen molar-refractivity contribution in [2.75, 3.05) is 13.2 Å². The van der Waals surface area contributed by atoms with Crippen LogP contribution in [-0.4, -0.2) is 35.9 Å². The van der Waals surface area contributed by atoms with Crippen LogP contribution in [0.2, 0.25) is 0 Å². The van der Waals surface area contributed by atoms with Crippen LogP contribution in [0, 0.1) is 39.9 Å². The smallest absolute Gasteiger partial charge is 0.306 e. The van der Waals surface area contributed by atoms with E-state index in [4.69, 9.17) is 9.47 Å². The van der Waals surface area contributed by atoms with Gasteiger partial charge >= 0.3 is 11.9 Å². The normalized spacial score (nSPS) is 45.0. The summed E-state index contributed by atoms with van der Waals surface area (Å²) in [7, 11) is 0. The van der Waals surface area contributed by atoms with Gasteiger partial charge in [-0.15, -0.1) is 0 Å². The van der Waals surface area contributed by atoms with Gasteiger partial charge in [0.15, 0.2) is 0 Å². The molecule has 5 heteroatoms. The minimum absolute atomic E-state index is 0.0292. The Hall–Kier alpha value is -1.10. The number of aliphatic hydroxyl groups is 1. The summed E-state index contributed by atoms with van der Waals surface area (Å²) in [5.41, 5.74) is -0.376. The van der Waals surface area contributed by atoms with E-state index in [1.807, 2.05) is 0 Å². The first-order chi connectivity index (χ1) is 15.5. The fourth-order valence-electron chi connectivity index (χ4n) is 8.97. The number of ether oxygens (including phenoxy) is 2. The Morgan fingerprint density at radius 3 is 2.45 bits per heavy atom. The van der Waals surface area contributed by atoms with Crippen LogP contribution >= 0.6 is 0 Å². The quantitative estimate of drug-likeness (QED) is 0.493. The van der Waals surface area contributed by atoms with Gasteiger partial charge in [-0.05, 0) is 85.9 Å². The molecule has 1 N–H and O–H groups in total. The van der Waals surface area contributed by atoms with Crippen LogP contribution in [0.1, 0.15) is 105 Å². The van der Waals surface area contributed by atoms with Gasteiger partial charge in [0.1, 0.15) is 12.2 Å². The zero-order valence-corrected chi connectivity index (χ0v) is 21.6. The molecule has 0 aliphatic heterocycles. The minimum Gasteiger partial charge on any atom is -0.465 e. The van der Waals surface area contributed by atoms with Gasteiger partial charge in [-0.2, -0.15) is 0 Å². The van der Waals surface area contributed by atoms with Crippen LogP contribution in [-0.2, 0) is 19.1 Å². The predicted octanol–water partition coefficient (Wildman–Crippen LogP) is 5.67. The van der Waals surface area contributed by atoms with Crippen molar-refractivity contribution in [1.82, 2.24) is 0 Å². The molecule has 5 nitrogen and oxygen atoms in total. The first-order valence-electron chi connectivity index (χ1n) is 13.5. The summed E-state index contributed by atoms with van der Waals surface area (Å²) in [6.07, 6.45) is 11.3. The molecule has 0 aromatic heterocycles. The van der Waals surface area contributed by atoms with Gasteiger partial charge in [-0.25, -0.2) is 0 Å². The highest BCUT2D eigenvalue weighted by Crippen LogP contribution is 2.75. The standard InChI is InChI=1S/C28H46O5/c1-6-19(2)14-24(30)33-17-25(4)11-7-12-26(5)23(25)9-8-21-16-28(31,18-32-20(3)29)22-10-13-27(21,26)15-22/h19,21-23,31H,6-18H2,1-5H3/t19-,21-,22-,23+,25-,26+,27-,28-/m0/s1. The van der Waals surface area contributed by atoms with E-state index in [0.29, 0.717) is 30.8 Å². The summed E-state index contributed by atoms with van der Waals surface area (Å²) in [6.45, 7) is 11.2. The maximum Gasteiger partial charge on any atom is 0.306 e. The molecule has 0 amide bonds. The van der Waals surface area contributed by atoms with Crippen molar-refractivity contribution in [3.63, 3.8) is 0 Å². The third-order valence-corrected chi connectivity index (χ3v) is 11.0. The van der Waals surface area contributed by atoms with E-state index < -0.39 is 5.60 Å². The van der Waals surface area contributed by atoms with E-state index in [9.17, 15) is 14.7 Å². The summed E-state index contributed by atoms with van der Waals surface area (Å²) < 4.78 is 11.3. The average molecular weight is 463 g/mol. The van der Waals surface area contributed by atoms with Crippen LogP contribution in [0.3, 0.4) is 0 Å². The maximum atomic E-state index is 12.5. The number of hydrogen-bond donors (Lipinski definition) is 1. The summed E-state index contributed by atoms with van der Waals surface area (Å²) in [5, 5.41) is 11.5. The van der Waals surface area contributed by atoms with E-state index in [2.05, 4.69) is 27.7 Å². The largest absolute Gasteiger partial charge is 0.465 e. The SMILES string of the molecule is CC[C@H](C)CC(=O)OC[C@]1(C)CCC[C@]2(C)[C@@H]1CC[C@H]1C[C@](O)(COC(C)=O)[C@H]3CC[C@]12C3. The van der Waals surface area contributed by atoms with E-state index in [-0.39, 0.29) is 40.7 Å². The lowest BCUT2D eigenvalue weighted by molar-refractivity contribution is -0.215. The molecule has 0 aromatic carbocycles. The summed E-state index contributed by atoms with van der Waals surface area (Å²) in [4.78, 5) is 23.9. The number of carbonyl (C=O) groups excluding carboxylic acids is 2. The number of hydrogen-bond acceptors (Lipinski definition) is 5. The van der Waals surface area contributed by atoms with Gasteiger partial charge in [0.2, 0.25) is 0 Å². The lowest BCUT2D eigenvalue weighted by atomic mass is 9.38. The van der Waals surface area contributed by atoms with E-state index in [1.165, 1.54) is 26.2 Å². The van der Waals surface area contributed by atoms with Crippen LogP contribution in [0.4, 0.5) is 0 Å². The third kappa shape index (κ3) is 4.15. The third-order valence-electron chi connectivity index (χ3n) is 11.0. The fraction of sp³-hybridized carbons (Fsp3) is 0.929. The van der Waals surface area contributed by atoms with E-state index in [1.54, 1.807) is 0 Å². The Labute approximate surface area is 200 Å². The molecule has 0 saturated heterocycles. The second-order valence-corrected chi connectivity index (χ2v) is 12.8. The van der Waals surface area contributed by atoms with Crippen molar-refractivity contribution in [2.24, 2.45) is 39.9 Å². The van der Waals surface area contributed by atoms with Crippen molar-refractivity contribution < 1.29 is 24.2 Å². The van der Waals surface area contributed by atoms with Gasteiger partial charge < -0.3 is 14.6 Å². The van der Waals surface area contributed by atoms with Gasteiger partial charge in [-0.3, -0.25) is 9.59 Å². The summed E-state index contributed by atoms with van der Waals surface area (Å²) in [6, 6.07) is 0. The summed E-state index contributed by atoms with van der Waals surface area (Å²) >= 11 is 0. The molecule has 0 unspecified atom stereocenters. The molecule has 8 atom stereocenters. The lowest BCUT2D eigenvalue weighted by Gasteiger charge is -2.67. The zero-order valence-electron chi connectivity index (χ0n) is 21.6. The number of esters is 2. The van der Waals surface area contributed by atoms with Crippen LogP contribution < -0.4 is 0 Å². The second kappa shape index (κ2) is 8.84. The molecule has 2 bridgehead atoms. The Morgan fingerprint density at radius 1 is 1.00 bits per heavy atom. The number of fused-ring (bicyclic) bond motifs is 2. The molecule has 188 valence electrons. The van der Waals surface area contributed by atoms with Crippen molar-refractivity contribution in [3.05, 3.63) is 0 Å². The van der Waals surface area contributed by atoms with Crippen LogP contribution in [0.25, 0.3) is 0 Å². The maximum absolute atomic E-state index is 12.5. The second-order valence-electron chi connectivity index (χ2n) is 12.8. The Bertz CT molecular complexity index is 765. The zero-order chi connectivity index (χ0) is 24.1. The van der Waals surface area contributed by atoms with E-state index in [0.717, 1.165) is 44.9 Å². The van der Waals surface area contributed by atoms with Crippen LogP contribution in [0.15, 0.2) is 0 Å². The molecule has 4 aliphatic rings. The molecule has 4 rings (SSSR count). The number of carbonyl (C=O) groups is 2. The molecule has 4 fully saturated rings. The fourth-order valence-corrected chi connectivity index (χ4v) is 8.97. The van der Waals surface area contributed by atoms with Gasteiger partial charge in [-0.1, -0.05) is 40.5 Å². The van der Waals surface area contributed by atoms with Crippen molar-refractivity contribution >= 4 is 11.9 Å². The van der Waals surface area contributed by atoms with Gasteiger partial charge in [0.25, 0.3) is 0 Å². The lowest BCUT2D eigenvalue weighted by Crippen LogP contribution is -2.62. The Kier molecular flexibility index (Phi) is 6.70. The molecule has 33 heavy (non-hydrogen) atoms. The highest BCUT2D eigenvalue weighted by atomic mass is 16.5. The first-order valence-corrected chi connectivity index (χ1v) is 13.5. The number of rotatable bonds is 7. The average Bonchev–Trinajstić information content (AvgIpc) is 3.17. The topological polar surface area (TPSA) is 72.8 Å². The minimum atomic E-state index is -0.872. The molecular weight excluding hydrogens is 416 g/mol. The predicted molar refractivity (Wildman–Crippen MR) is 127 cm³/mol. The molecule has 4 aliphatic carbocycles. The highest BCUT2D eigenvalue weighted by molar-refractivity contribution is 5.69. The highest BCUT2D eigenvalue weighted by Gasteiger charge is 2.69. The monoisotopic (exact) mass is 462 g/mol. The molecule has 0 heterocycles. The van der Waals surface area contributed by atoms with Gasteiger partial charge in [0, 0.05) is 18.8 Å². The first kappa shape index (κ1) is 25.0. The molecule has 0 aromatic rings. The Balaban J connectivity index is 1.52. The molecule has 1 spiro atoms. The summed E-state index contributed by atoms with van der Waals surface area (Å²) in [5.74, 6) is 1.27. The molecular formula is C28H46O5. The Morgan fingerprint density at radius 2 is 1.76 bits per heavy atom. The van der Waals surface area contributed by atoms with Crippen molar-refractivity contribution in [2.45, 2.75) is 111 Å². The van der Waals surface area contributed by atoms with Crippen molar-refractivity contribution in [1.29, 1.82) is 0 Å². The molecule has 0 radical (unpaired) electrons. The van der Waals surface area contributed by atoms with Crippen LogP contribution in [0.5, 0.6) is 0 Å². The van der Waals surface area contributed by atoms with Crippen molar-refractivity contribution in [3.8, 4) is 0 Å². The van der Waals surface area contributed by atoms with E-state index >= 15 is 0 Å². The van der Waals surface area contributed by atoms with Gasteiger partial charge in [0.05, 0.1) is 6.61 Å². The molecule has 4 saturated carbocycles.